The number of benzene rings is 1. The molecule has 0 unspecified atom stereocenters. The summed E-state index contributed by atoms with van der Waals surface area (Å²) in [5.41, 5.74) is -1.12. The summed E-state index contributed by atoms with van der Waals surface area (Å²) in [6.45, 7) is -0.458. The minimum Gasteiger partial charge on any atom is -0.390 e. The highest BCUT2D eigenvalue weighted by Crippen LogP contribution is 2.28. The normalized spacial score (nSPS) is 17.2. The van der Waals surface area contributed by atoms with Crippen molar-refractivity contribution < 1.29 is 27.2 Å². The molecule has 19 heavy (non-hydrogen) atoms. The summed E-state index contributed by atoms with van der Waals surface area (Å²) in [5.74, 6) is -2.87. The summed E-state index contributed by atoms with van der Waals surface area (Å²) in [6.07, 6.45) is -0.853. The fourth-order valence-corrected chi connectivity index (χ4v) is 3.19. The van der Waals surface area contributed by atoms with Crippen molar-refractivity contribution in [2.75, 3.05) is 13.1 Å². The van der Waals surface area contributed by atoms with Crippen LogP contribution >= 0.6 is 0 Å². The topological polar surface area (TPSA) is 101 Å². The van der Waals surface area contributed by atoms with Crippen LogP contribution in [0.2, 0.25) is 0 Å². The lowest BCUT2D eigenvalue weighted by molar-refractivity contribution is -0.387. The molecule has 0 atom stereocenters. The third-order valence-electron chi connectivity index (χ3n) is 2.64. The van der Waals surface area contributed by atoms with Crippen molar-refractivity contribution in [2.45, 2.75) is 11.0 Å². The Bertz CT molecular complexity index is 642. The summed E-state index contributed by atoms with van der Waals surface area (Å²) in [7, 11) is -4.31. The number of aliphatic hydroxyl groups is 1. The zero-order chi connectivity index (χ0) is 14.4. The first-order valence-corrected chi connectivity index (χ1v) is 6.49. The van der Waals surface area contributed by atoms with Crippen LogP contribution in [0.5, 0.6) is 0 Å². The van der Waals surface area contributed by atoms with Crippen LogP contribution in [0.3, 0.4) is 0 Å². The first kappa shape index (κ1) is 13.8. The van der Waals surface area contributed by atoms with Crippen molar-refractivity contribution in [3.63, 3.8) is 0 Å². The molecular formula is C9H8F2N2O5S. The van der Waals surface area contributed by atoms with Crippen LogP contribution in [0.4, 0.5) is 14.5 Å². The van der Waals surface area contributed by atoms with Gasteiger partial charge in [0, 0.05) is 25.2 Å². The molecule has 104 valence electrons. The van der Waals surface area contributed by atoms with E-state index in [2.05, 4.69) is 0 Å². The molecule has 0 bridgehead atoms. The van der Waals surface area contributed by atoms with Gasteiger partial charge in [0.1, 0.15) is 10.7 Å². The van der Waals surface area contributed by atoms with Gasteiger partial charge in [-0.05, 0) is 0 Å². The molecule has 1 aromatic rings. The molecule has 2 rings (SSSR count). The molecule has 0 amide bonds. The Morgan fingerprint density at radius 1 is 1.32 bits per heavy atom. The summed E-state index contributed by atoms with van der Waals surface area (Å²) >= 11 is 0. The van der Waals surface area contributed by atoms with Crippen molar-refractivity contribution in [1.29, 1.82) is 0 Å². The molecule has 1 aliphatic rings. The van der Waals surface area contributed by atoms with E-state index >= 15 is 0 Å². The van der Waals surface area contributed by atoms with Gasteiger partial charge in [0.05, 0.1) is 11.0 Å². The molecule has 0 aliphatic carbocycles. The van der Waals surface area contributed by atoms with E-state index in [0.717, 1.165) is 4.31 Å². The zero-order valence-corrected chi connectivity index (χ0v) is 10.1. The maximum atomic E-state index is 13.5. The van der Waals surface area contributed by atoms with E-state index in [4.69, 9.17) is 5.11 Å². The van der Waals surface area contributed by atoms with Crippen LogP contribution in [-0.2, 0) is 10.0 Å². The Balaban J connectivity index is 2.50. The molecule has 1 saturated heterocycles. The quantitative estimate of drug-likeness (QED) is 0.635. The number of halogens is 2. The van der Waals surface area contributed by atoms with E-state index in [9.17, 15) is 27.3 Å². The molecule has 0 saturated carbocycles. The fraction of sp³-hybridized carbons (Fsp3) is 0.333. The third-order valence-corrected chi connectivity index (χ3v) is 4.49. The van der Waals surface area contributed by atoms with Gasteiger partial charge in [0.15, 0.2) is 0 Å². The van der Waals surface area contributed by atoms with Crippen LogP contribution in [0.25, 0.3) is 0 Å². The zero-order valence-electron chi connectivity index (χ0n) is 9.29. The number of nitro benzene ring substituents is 1. The summed E-state index contributed by atoms with van der Waals surface area (Å²) in [6, 6.07) is 0.492. The van der Waals surface area contributed by atoms with Crippen LogP contribution in [0, 0.1) is 21.7 Å². The van der Waals surface area contributed by atoms with Gasteiger partial charge in [-0.15, -0.1) is 0 Å². The van der Waals surface area contributed by atoms with Gasteiger partial charge in [-0.3, -0.25) is 10.1 Å². The van der Waals surface area contributed by atoms with Gasteiger partial charge >= 0.3 is 5.69 Å². The van der Waals surface area contributed by atoms with Crippen LogP contribution in [0.15, 0.2) is 17.0 Å². The van der Waals surface area contributed by atoms with Crippen molar-refractivity contribution in [1.82, 2.24) is 4.31 Å². The monoisotopic (exact) mass is 294 g/mol. The van der Waals surface area contributed by atoms with E-state index in [-0.39, 0.29) is 19.2 Å². The highest BCUT2D eigenvalue weighted by Gasteiger charge is 2.38. The lowest BCUT2D eigenvalue weighted by Crippen LogP contribution is -2.53. The molecule has 0 aromatic heterocycles. The number of sulfonamides is 1. The second kappa shape index (κ2) is 4.47. The van der Waals surface area contributed by atoms with Crippen LogP contribution in [-0.4, -0.2) is 41.9 Å². The number of hydrogen-bond acceptors (Lipinski definition) is 5. The molecular weight excluding hydrogens is 286 g/mol. The third kappa shape index (κ3) is 2.29. The average molecular weight is 294 g/mol. The number of nitro groups is 1. The lowest BCUT2D eigenvalue weighted by Gasteiger charge is -2.34. The van der Waals surface area contributed by atoms with Gasteiger partial charge < -0.3 is 5.11 Å². The SMILES string of the molecule is O=[N+]([O-])c1cc(S(=O)(=O)N2CC(O)C2)c(F)cc1F. The van der Waals surface area contributed by atoms with E-state index < -0.39 is 43.3 Å². The van der Waals surface area contributed by atoms with E-state index in [1.165, 1.54) is 0 Å². The van der Waals surface area contributed by atoms with Crippen LogP contribution < -0.4 is 0 Å². The van der Waals surface area contributed by atoms with Crippen molar-refractivity contribution >= 4 is 15.7 Å². The summed E-state index contributed by atoms with van der Waals surface area (Å²) < 4.78 is 51.1. The van der Waals surface area contributed by atoms with Crippen molar-refractivity contribution in [2.24, 2.45) is 0 Å². The molecule has 1 fully saturated rings. The van der Waals surface area contributed by atoms with Crippen LogP contribution in [0.1, 0.15) is 0 Å². The highest BCUT2D eigenvalue weighted by atomic mass is 32.2. The molecule has 1 aromatic carbocycles. The minimum atomic E-state index is -4.31. The minimum absolute atomic E-state index is 0.154. The maximum absolute atomic E-state index is 13.5. The molecule has 0 radical (unpaired) electrons. The number of aliphatic hydroxyl groups excluding tert-OH is 1. The number of β-amino-alcohol motifs (C(OH)–C–C–N with tert-alkyl or cyclic N) is 1. The second-order valence-corrected chi connectivity index (χ2v) is 5.87. The fourth-order valence-electron chi connectivity index (χ4n) is 1.61. The van der Waals surface area contributed by atoms with Crippen molar-refractivity contribution in [3.8, 4) is 0 Å². The molecule has 1 aliphatic heterocycles. The molecule has 1 heterocycles. The highest BCUT2D eigenvalue weighted by molar-refractivity contribution is 7.89. The molecule has 1 N–H and O–H groups in total. The van der Waals surface area contributed by atoms with E-state index in [0.29, 0.717) is 6.07 Å². The largest absolute Gasteiger partial charge is 0.390 e. The molecule has 7 nitrogen and oxygen atoms in total. The average Bonchev–Trinajstić information content (AvgIpc) is 2.23. The van der Waals surface area contributed by atoms with Gasteiger partial charge in [0.2, 0.25) is 15.8 Å². The number of rotatable bonds is 3. The Labute approximate surface area is 106 Å². The first-order valence-electron chi connectivity index (χ1n) is 5.05. The Hall–Kier alpha value is -1.65. The number of nitrogens with zero attached hydrogens (tertiary/aromatic N) is 2. The van der Waals surface area contributed by atoms with Gasteiger partial charge in [0.25, 0.3) is 0 Å². The smallest absolute Gasteiger partial charge is 0.306 e. The molecule has 0 spiro atoms. The second-order valence-electron chi connectivity index (χ2n) is 3.97. The lowest BCUT2D eigenvalue weighted by atomic mass is 10.2. The predicted molar refractivity (Wildman–Crippen MR) is 57.8 cm³/mol. The first-order chi connectivity index (χ1) is 8.73. The van der Waals surface area contributed by atoms with E-state index in [1.54, 1.807) is 0 Å². The number of hydrogen-bond donors (Lipinski definition) is 1. The summed E-state index contributed by atoms with van der Waals surface area (Å²) in [5, 5.41) is 19.5. The van der Waals surface area contributed by atoms with Gasteiger partial charge in [-0.25, -0.2) is 12.8 Å². The van der Waals surface area contributed by atoms with Crippen molar-refractivity contribution in [3.05, 3.63) is 33.9 Å². The Morgan fingerprint density at radius 2 is 1.89 bits per heavy atom. The Morgan fingerprint density at radius 3 is 2.37 bits per heavy atom. The molecule has 10 heteroatoms. The maximum Gasteiger partial charge on any atom is 0.306 e. The Kier molecular flexibility index (Phi) is 3.24. The summed E-state index contributed by atoms with van der Waals surface area (Å²) in [4.78, 5) is 8.39. The van der Waals surface area contributed by atoms with E-state index in [1.807, 2.05) is 0 Å². The van der Waals surface area contributed by atoms with Gasteiger partial charge in [-0.2, -0.15) is 8.70 Å². The predicted octanol–water partition coefficient (Wildman–Crippen LogP) is 0.238. The standard InChI is InChI=1S/C9H8F2N2O5S/c10-6-1-7(11)9(2-8(6)13(15)16)19(17,18)12-3-5(14)4-12/h1-2,5,14H,3-4H2. The van der Waals surface area contributed by atoms with Gasteiger partial charge in [-0.1, -0.05) is 0 Å².